The molecule has 2 fully saturated rings. The Morgan fingerprint density at radius 3 is 2.75 bits per heavy atom. The molecule has 4 aliphatic rings. The predicted molar refractivity (Wildman–Crippen MR) is 146 cm³/mol. The number of hydrogen-bond donors (Lipinski definition) is 3. The zero-order valence-corrected chi connectivity index (χ0v) is 22.7. The number of carbonyl (C=O) groups is 2. The summed E-state index contributed by atoms with van der Waals surface area (Å²) in [4.78, 5) is 36.5. The number of nitrogens with one attached hydrogen (secondary N) is 1. The number of esters is 1. The van der Waals surface area contributed by atoms with Crippen LogP contribution in [-0.4, -0.2) is 56.8 Å². The molecule has 3 aliphatic heterocycles. The van der Waals surface area contributed by atoms with Gasteiger partial charge in [0.1, 0.15) is 11.4 Å². The lowest BCUT2D eigenvalue weighted by Crippen LogP contribution is -2.63. The Morgan fingerprint density at radius 2 is 2.00 bits per heavy atom. The van der Waals surface area contributed by atoms with Crippen LogP contribution in [0, 0.1) is 17.0 Å². The molecule has 3 N–H and O–H groups in total. The minimum absolute atomic E-state index is 0.00929. The van der Waals surface area contributed by atoms with Crippen molar-refractivity contribution in [3.63, 3.8) is 0 Å². The molecule has 1 amide bonds. The first-order valence-electron chi connectivity index (χ1n) is 14.0. The Morgan fingerprint density at radius 1 is 1.23 bits per heavy atom. The van der Waals surface area contributed by atoms with Gasteiger partial charge in [-0.3, -0.25) is 14.9 Å². The van der Waals surface area contributed by atoms with Crippen LogP contribution in [0.5, 0.6) is 5.75 Å². The topological polar surface area (TPSA) is 145 Å². The van der Waals surface area contributed by atoms with Crippen LogP contribution in [0.3, 0.4) is 0 Å². The highest BCUT2D eigenvalue weighted by molar-refractivity contribution is 5.99. The van der Waals surface area contributed by atoms with E-state index in [2.05, 4.69) is 22.3 Å². The van der Waals surface area contributed by atoms with Gasteiger partial charge in [0, 0.05) is 36.2 Å². The summed E-state index contributed by atoms with van der Waals surface area (Å²) in [7, 11) is 0. The number of nitro benzene ring substituents is 1. The number of anilines is 2. The lowest BCUT2D eigenvalue weighted by Gasteiger charge is -2.56. The molecule has 11 nitrogen and oxygen atoms in total. The van der Waals surface area contributed by atoms with Gasteiger partial charge in [-0.1, -0.05) is 38.3 Å². The van der Waals surface area contributed by atoms with Gasteiger partial charge < -0.3 is 25.3 Å². The van der Waals surface area contributed by atoms with Crippen molar-refractivity contribution >= 4 is 28.9 Å². The zero-order chi connectivity index (χ0) is 28.3. The third kappa shape index (κ3) is 3.82. The third-order valence-corrected chi connectivity index (χ3v) is 9.23. The van der Waals surface area contributed by atoms with Crippen molar-refractivity contribution in [2.45, 2.75) is 89.0 Å². The number of para-hydroxylation sites is 2. The predicted octanol–water partition coefficient (Wildman–Crippen LogP) is 3.26. The van der Waals surface area contributed by atoms with Gasteiger partial charge in [0.2, 0.25) is 0 Å². The van der Waals surface area contributed by atoms with Crippen molar-refractivity contribution in [1.82, 2.24) is 5.01 Å². The fourth-order valence-electron chi connectivity index (χ4n) is 7.65. The van der Waals surface area contributed by atoms with Crippen LogP contribution in [-0.2, 0) is 28.0 Å². The van der Waals surface area contributed by atoms with E-state index < -0.39 is 29.0 Å². The molecule has 1 aliphatic carbocycles. The number of nitro groups is 1. The molecule has 1 unspecified atom stereocenters. The number of aliphatic hydroxyl groups is 2. The summed E-state index contributed by atoms with van der Waals surface area (Å²) in [5.74, 6) is -1.89. The molecular weight excluding hydrogens is 516 g/mol. The molecule has 2 aromatic carbocycles. The number of hydrogen-bond acceptors (Lipinski definition) is 9. The highest BCUT2D eigenvalue weighted by Gasteiger charge is 2.59. The largest absolute Gasteiger partial charge is 0.424 e. The number of amides is 1. The molecule has 212 valence electrons. The lowest BCUT2D eigenvalue weighted by molar-refractivity contribution is -0.383. The maximum atomic E-state index is 13.2. The van der Waals surface area contributed by atoms with E-state index in [0.29, 0.717) is 18.2 Å². The molecule has 1 saturated carbocycles. The minimum Gasteiger partial charge on any atom is -0.424 e. The maximum Gasteiger partial charge on any atom is 0.343 e. The van der Waals surface area contributed by atoms with Gasteiger partial charge in [-0.15, -0.1) is 0 Å². The van der Waals surface area contributed by atoms with E-state index in [9.17, 15) is 29.9 Å². The summed E-state index contributed by atoms with van der Waals surface area (Å²) in [6.45, 7) is 5.77. The SMILES string of the molecule is CCCc1c(OC(=O)[C@@H](O)[C@H](O)C(=O)Nc2ccccc2[N+](=O)[O-])c(C)c2c3c1[C@@]14CCCC[C@H]1N(C3)N2CC4. The number of nitrogens with zero attached hydrogens (tertiary/aromatic N) is 3. The average Bonchev–Trinajstić information content (AvgIpc) is 3.26. The fourth-order valence-corrected chi connectivity index (χ4v) is 7.65. The Bertz CT molecular complexity index is 1410. The lowest BCUT2D eigenvalue weighted by atomic mass is 9.59. The first-order chi connectivity index (χ1) is 19.2. The van der Waals surface area contributed by atoms with Gasteiger partial charge in [0.05, 0.1) is 10.6 Å². The number of ether oxygens (including phenoxy) is 1. The van der Waals surface area contributed by atoms with Crippen LogP contribution in [0.4, 0.5) is 17.1 Å². The minimum atomic E-state index is -2.19. The molecule has 0 aromatic heterocycles. The summed E-state index contributed by atoms with van der Waals surface area (Å²) in [6, 6.07) is 5.83. The van der Waals surface area contributed by atoms with E-state index in [1.54, 1.807) is 0 Å². The maximum absolute atomic E-state index is 13.2. The van der Waals surface area contributed by atoms with Crippen molar-refractivity contribution in [1.29, 1.82) is 0 Å². The van der Waals surface area contributed by atoms with Gasteiger partial charge in [-0.25, -0.2) is 9.80 Å². The van der Waals surface area contributed by atoms with E-state index in [4.69, 9.17) is 4.74 Å². The quantitative estimate of drug-likeness (QED) is 0.195. The second-order valence-corrected chi connectivity index (χ2v) is 11.3. The van der Waals surface area contributed by atoms with Crippen LogP contribution in [0.15, 0.2) is 24.3 Å². The Hall–Kier alpha value is -3.54. The molecule has 0 spiro atoms. The number of hydrazine groups is 1. The van der Waals surface area contributed by atoms with Crippen LogP contribution < -0.4 is 15.1 Å². The van der Waals surface area contributed by atoms with Crippen molar-refractivity contribution < 1.29 is 29.5 Å². The molecule has 11 heteroatoms. The molecule has 6 bridgehead atoms. The van der Waals surface area contributed by atoms with Gasteiger partial charge >= 0.3 is 5.97 Å². The van der Waals surface area contributed by atoms with Gasteiger partial charge in [0.15, 0.2) is 12.2 Å². The Kier molecular flexibility index (Phi) is 6.55. The van der Waals surface area contributed by atoms with E-state index >= 15 is 0 Å². The van der Waals surface area contributed by atoms with Crippen molar-refractivity contribution in [2.24, 2.45) is 0 Å². The van der Waals surface area contributed by atoms with Crippen molar-refractivity contribution in [2.75, 3.05) is 16.9 Å². The molecule has 2 aromatic rings. The standard InChI is InChI=1S/C29H34N4O7/c1-3-8-17-22-18-15-32-21-11-6-7-12-29(21,22)13-14-31(32)23(18)16(2)26(17)40-28(37)25(35)24(34)27(36)30-19-9-4-5-10-20(19)33(38)39/h4-5,9-10,21,24-25,34-35H,3,6-8,11-15H2,1-2H3,(H,30,36)/t21-,24+,25+,29-/m1/s1. The second-order valence-electron chi connectivity index (χ2n) is 11.3. The smallest absolute Gasteiger partial charge is 0.343 e. The summed E-state index contributed by atoms with van der Waals surface area (Å²) in [5, 5.41) is 39.6. The molecule has 40 heavy (non-hydrogen) atoms. The normalized spacial score (nSPS) is 25.2. The van der Waals surface area contributed by atoms with Crippen LogP contribution in [0.2, 0.25) is 0 Å². The van der Waals surface area contributed by atoms with Crippen LogP contribution in [0.1, 0.15) is 67.7 Å². The summed E-state index contributed by atoms with van der Waals surface area (Å²) < 4.78 is 5.88. The molecule has 1 saturated heterocycles. The molecule has 5 atom stereocenters. The zero-order valence-electron chi connectivity index (χ0n) is 22.7. The third-order valence-electron chi connectivity index (χ3n) is 9.23. The highest BCUT2D eigenvalue weighted by Crippen LogP contribution is 2.61. The van der Waals surface area contributed by atoms with E-state index in [0.717, 1.165) is 62.0 Å². The monoisotopic (exact) mass is 550 g/mol. The first kappa shape index (κ1) is 26.7. The van der Waals surface area contributed by atoms with Gasteiger partial charge in [-0.05, 0) is 55.4 Å². The average molecular weight is 551 g/mol. The molecule has 6 rings (SSSR count). The summed E-state index contributed by atoms with van der Waals surface area (Å²) >= 11 is 0. The van der Waals surface area contributed by atoms with E-state index in [1.165, 1.54) is 41.8 Å². The van der Waals surface area contributed by atoms with Crippen molar-refractivity contribution in [3.8, 4) is 5.75 Å². The van der Waals surface area contributed by atoms with Gasteiger partial charge in [0.25, 0.3) is 11.6 Å². The van der Waals surface area contributed by atoms with E-state index in [1.807, 2.05) is 6.92 Å². The molecule has 3 heterocycles. The number of carbonyl (C=O) groups excluding carboxylic acids is 2. The van der Waals surface area contributed by atoms with Crippen LogP contribution in [0.25, 0.3) is 0 Å². The highest BCUT2D eigenvalue weighted by atomic mass is 16.6. The molecular formula is C29H34N4O7. The van der Waals surface area contributed by atoms with Crippen molar-refractivity contribution in [3.05, 3.63) is 56.6 Å². The fraction of sp³-hybridized carbons (Fsp3) is 0.517. The number of benzene rings is 2. The Balaban J connectivity index is 1.31. The Labute approximate surface area is 231 Å². The summed E-state index contributed by atoms with van der Waals surface area (Å²) in [6.07, 6.45) is 2.80. The van der Waals surface area contributed by atoms with Gasteiger partial charge in [-0.2, -0.15) is 0 Å². The summed E-state index contributed by atoms with van der Waals surface area (Å²) in [5.41, 5.74) is 4.99. The number of rotatable bonds is 8. The number of aliphatic hydroxyl groups excluding tert-OH is 2. The van der Waals surface area contributed by atoms with E-state index in [-0.39, 0.29) is 16.8 Å². The second kappa shape index (κ2) is 9.83. The van der Waals surface area contributed by atoms with Crippen LogP contribution >= 0.6 is 0 Å². The first-order valence-corrected chi connectivity index (χ1v) is 14.0. The molecule has 0 radical (unpaired) electrons.